The lowest BCUT2D eigenvalue weighted by molar-refractivity contribution is -0.138. The minimum Gasteiger partial charge on any atom is -0.328 e. The standard InChI is InChI=1S/C10H19F4N/c1-8(2,3)9(11,7-15)5-4-6-10(12,13)14/h4-7,15H2,1-3H3. The summed E-state index contributed by atoms with van der Waals surface area (Å²) in [7, 11) is 0. The summed E-state index contributed by atoms with van der Waals surface area (Å²) in [4.78, 5) is 0. The number of alkyl halides is 4. The Bertz CT molecular complexity index is 195. The van der Waals surface area contributed by atoms with Crippen molar-refractivity contribution < 1.29 is 17.6 Å². The molecule has 0 aromatic carbocycles. The van der Waals surface area contributed by atoms with Crippen LogP contribution < -0.4 is 5.73 Å². The topological polar surface area (TPSA) is 26.0 Å². The quantitative estimate of drug-likeness (QED) is 0.734. The van der Waals surface area contributed by atoms with Crippen LogP contribution in [0.1, 0.15) is 40.0 Å². The van der Waals surface area contributed by atoms with Gasteiger partial charge in [-0.15, -0.1) is 0 Å². The van der Waals surface area contributed by atoms with Crippen LogP contribution in [0.3, 0.4) is 0 Å². The highest BCUT2D eigenvalue weighted by atomic mass is 19.4. The first-order valence-electron chi connectivity index (χ1n) is 4.97. The van der Waals surface area contributed by atoms with Gasteiger partial charge in [0.2, 0.25) is 0 Å². The Hall–Kier alpha value is -0.320. The van der Waals surface area contributed by atoms with Gasteiger partial charge in [-0.3, -0.25) is 0 Å². The van der Waals surface area contributed by atoms with Crippen molar-refractivity contribution in [3.05, 3.63) is 0 Å². The van der Waals surface area contributed by atoms with Gasteiger partial charge in [-0.05, 0) is 18.3 Å². The third kappa shape index (κ3) is 4.82. The predicted octanol–water partition coefficient (Wildman–Crippen LogP) is 3.43. The fourth-order valence-electron chi connectivity index (χ4n) is 1.35. The Kier molecular flexibility index (Phi) is 4.58. The average molecular weight is 229 g/mol. The minimum absolute atomic E-state index is 0.146. The smallest absolute Gasteiger partial charge is 0.328 e. The Morgan fingerprint density at radius 2 is 1.40 bits per heavy atom. The van der Waals surface area contributed by atoms with Crippen LogP contribution in [0.4, 0.5) is 17.6 Å². The van der Waals surface area contributed by atoms with Gasteiger partial charge in [0.25, 0.3) is 0 Å². The molecule has 15 heavy (non-hydrogen) atoms. The van der Waals surface area contributed by atoms with Crippen molar-refractivity contribution in [1.82, 2.24) is 0 Å². The van der Waals surface area contributed by atoms with Crippen LogP contribution in [-0.2, 0) is 0 Å². The van der Waals surface area contributed by atoms with Crippen molar-refractivity contribution in [3.8, 4) is 0 Å². The van der Waals surface area contributed by atoms with Gasteiger partial charge in [0.1, 0.15) is 5.67 Å². The largest absolute Gasteiger partial charge is 0.389 e. The van der Waals surface area contributed by atoms with Gasteiger partial charge in [-0.1, -0.05) is 20.8 Å². The summed E-state index contributed by atoms with van der Waals surface area (Å²) in [5.74, 6) is 0. The highest BCUT2D eigenvalue weighted by Crippen LogP contribution is 2.38. The molecule has 0 aliphatic rings. The third-order valence-corrected chi connectivity index (χ3v) is 2.70. The van der Waals surface area contributed by atoms with E-state index in [1.54, 1.807) is 20.8 Å². The second-order valence-corrected chi connectivity index (χ2v) is 4.89. The van der Waals surface area contributed by atoms with Crippen molar-refractivity contribution in [2.45, 2.75) is 51.9 Å². The molecule has 92 valence electrons. The van der Waals surface area contributed by atoms with E-state index in [0.717, 1.165) is 0 Å². The first kappa shape index (κ1) is 14.7. The molecule has 2 N–H and O–H groups in total. The van der Waals surface area contributed by atoms with Gasteiger partial charge >= 0.3 is 6.18 Å². The highest BCUT2D eigenvalue weighted by molar-refractivity contribution is 4.91. The lowest BCUT2D eigenvalue weighted by Crippen LogP contribution is -2.45. The van der Waals surface area contributed by atoms with E-state index < -0.39 is 23.7 Å². The number of nitrogens with two attached hydrogens (primary N) is 1. The second-order valence-electron chi connectivity index (χ2n) is 4.89. The van der Waals surface area contributed by atoms with Crippen molar-refractivity contribution in [2.24, 2.45) is 11.1 Å². The number of halogens is 4. The number of hydrogen-bond donors (Lipinski definition) is 1. The van der Waals surface area contributed by atoms with Crippen molar-refractivity contribution in [2.75, 3.05) is 6.54 Å². The van der Waals surface area contributed by atoms with Gasteiger partial charge in [0, 0.05) is 13.0 Å². The summed E-state index contributed by atoms with van der Waals surface area (Å²) in [5.41, 5.74) is 2.83. The number of hydrogen-bond acceptors (Lipinski definition) is 1. The molecule has 0 saturated heterocycles. The Balaban J connectivity index is 4.24. The maximum atomic E-state index is 14.1. The molecular weight excluding hydrogens is 210 g/mol. The molecule has 1 unspecified atom stereocenters. The van der Waals surface area contributed by atoms with E-state index in [2.05, 4.69) is 0 Å². The van der Waals surface area contributed by atoms with Crippen molar-refractivity contribution in [1.29, 1.82) is 0 Å². The van der Waals surface area contributed by atoms with Crippen LogP contribution in [0.5, 0.6) is 0 Å². The van der Waals surface area contributed by atoms with Gasteiger partial charge in [-0.2, -0.15) is 13.2 Å². The van der Waals surface area contributed by atoms with Crippen LogP contribution >= 0.6 is 0 Å². The SMILES string of the molecule is CC(C)(C)C(F)(CN)CCCC(F)(F)F. The Morgan fingerprint density at radius 1 is 0.933 bits per heavy atom. The molecule has 0 aliphatic carbocycles. The van der Waals surface area contributed by atoms with Crippen LogP contribution in [0.25, 0.3) is 0 Å². The van der Waals surface area contributed by atoms with Crippen LogP contribution in [-0.4, -0.2) is 18.4 Å². The summed E-state index contributed by atoms with van der Waals surface area (Å²) >= 11 is 0. The van der Waals surface area contributed by atoms with E-state index in [4.69, 9.17) is 5.73 Å². The molecular formula is C10H19F4N. The zero-order valence-electron chi connectivity index (χ0n) is 9.42. The summed E-state index contributed by atoms with van der Waals surface area (Å²) in [6.45, 7) is 4.70. The molecule has 0 heterocycles. The lowest BCUT2D eigenvalue weighted by Gasteiger charge is -2.37. The highest BCUT2D eigenvalue weighted by Gasteiger charge is 2.41. The Morgan fingerprint density at radius 3 is 1.67 bits per heavy atom. The minimum atomic E-state index is -4.21. The molecule has 0 fully saturated rings. The normalized spacial score (nSPS) is 17.6. The summed E-state index contributed by atoms with van der Waals surface area (Å²) in [5, 5.41) is 0. The molecule has 0 radical (unpaired) electrons. The lowest BCUT2D eigenvalue weighted by atomic mass is 9.75. The zero-order valence-corrected chi connectivity index (χ0v) is 9.42. The van der Waals surface area contributed by atoms with E-state index in [1.165, 1.54) is 0 Å². The fraction of sp³-hybridized carbons (Fsp3) is 1.00. The molecule has 0 aromatic heterocycles. The van der Waals surface area contributed by atoms with E-state index in [-0.39, 0.29) is 19.4 Å². The van der Waals surface area contributed by atoms with Gasteiger partial charge < -0.3 is 5.73 Å². The van der Waals surface area contributed by atoms with Crippen LogP contribution in [0.2, 0.25) is 0 Å². The van der Waals surface area contributed by atoms with E-state index >= 15 is 0 Å². The third-order valence-electron chi connectivity index (χ3n) is 2.70. The number of rotatable bonds is 4. The van der Waals surface area contributed by atoms with E-state index in [1.807, 2.05) is 0 Å². The molecule has 0 bridgehead atoms. The maximum Gasteiger partial charge on any atom is 0.389 e. The molecule has 0 amide bonds. The predicted molar refractivity (Wildman–Crippen MR) is 52.3 cm³/mol. The molecule has 0 aromatic rings. The van der Waals surface area contributed by atoms with Crippen LogP contribution in [0, 0.1) is 5.41 Å². The molecule has 0 saturated carbocycles. The van der Waals surface area contributed by atoms with Gasteiger partial charge in [-0.25, -0.2) is 4.39 Å². The van der Waals surface area contributed by atoms with Crippen molar-refractivity contribution >= 4 is 0 Å². The summed E-state index contributed by atoms with van der Waals surface area (Å²) in [6, 6.07) is 0. The summed E-state index contributed by atoms with van der Waals surface area (Å²) < 4.78 is 49.7. The van der Waals surface area contributed by atoms with E-state index in [0.29, 0.717) is 0 Å². The summed E-state index contributed by atoms with van der Waals surface area (Å²) in [6.07, 6.45) is -5.52. The Labute approximate surface area is 88.0 Å². The van der Waals surface area contributed by atoms with Crippen molar-refractivity contribution in [3.63, 3.8) is 0 Å². The molecule has 5 heteroatoms. The fourth-order valence-corrected chi connectivity index (χ4v) is 1.35. The molecule has 0 aliphatic heterocycles. The molecule has 0 spiro atoms. The first-order valence-corrected chi connectivity index (χ1v) is 4.97. The first-order chi connectivity index (χ1) is 6.52. The zero-order chi connectivity index (χ0) is 12.3. The molecule has 1 atom stereocenters. The maximum absolute atomic E-state index is 14.1. The monoisotopic (exact) mass is 229 g/mol. The van der Waals surface area contributed by atoms with Gasteiger partial charge in [0.15, 0.2) is 0 Å². The van der Waals surface area contributed by atoms with E-state index in [9.17, 15) is 17.6 Å². The molecule has 1 nitrogen and oxygen atoms in total. The second kappa shape index (κ2) is 4.68. The van der Waals surface area contributed by atoms with Gasteiger partial charge in [0.05, 0.1) is 0 Å². The van der Waals surface area contributed by atoms with Crippen LogP contribution in [0.15, 0.2) is 0 Å². The average Bonchev–Trinajstić information content (AvgIpc) is 1.99. The molecule has 0 rings (SSSR count).